The monoisotopic (exact) mass is 362 g/mol. The molecular weight excluding hydrogens is 351 g/mol. The van der Waals surface area contributed by atoms with Crippen LogP contribution in [0.5, 0.6) is 0 Å². The average Bonchev–Trinajstić information content (AvgIpc) is 2.97. The topological polar surface area (TPSA) is 142 Å². The summed E-state index contributed by atoms with van der Waals surface area (Å²) < 4.78 is 28.2. The number of anilines is 1. The number of ether oxygens (including phenoxy) is 1. The van der Waals surface area contributed by atoms with Crippen LogP contribution in [-0.2, 0) is 18.3 Å². The van der Waals surface area contributed by atoms with Gasteiger partial charge in [0, 0.05) is 0 Å². The molecule has 124 valence electrons. The molecule has 0 spiro atoms. The van der Waals surface area contributed by atoms with Gasteiger partial charge in [0.2, 0.25) is 0 Å². The highest BCUT2D eigenvalue weighted by atomic mass is 35.5. The Morgan fingerprint density at radius 1 is 1.48 bits per heavy atom. The van der Waals surface area contributed by atoms with Crippen molar-refractivity contribution >= 4 is 36.3 Å². The molecule has 10 nitrogen and oxygen atoms in total. The van der Waals surface area contributed by atoms with Crippen LogP contribution in [0.1, 0.15) is 6.23 Å². The van der Waals surface area contributed by atoms with Crippen LogP contribution in [-0.4, -0.2) is 49.5 Å². The Balaban J connectivity index is 1.76. The molecular formula is C11H12ClN4O6P. The van der Waals surface area contributed by atoms with Crippen LogP contribution in [0.15, 0.2) is 12.4 Å². The van der Waals surface area contributed by atoms with Crippen molar-refractivity contribution in [2.24, 2.45) is 0 Å². The molecule has 2 saturated heterocycles. The standard InChI is InChI=1S/C11H12ClN4O6P/c12-6-1-4-9(13)14-3-15-10(4)16(6)11-7(17)8-5(21-11)2-20-23(18,19)22-8/h1,3,5,7-8,11,17H,2H2,(H,18,19)(H2,13,14,15)/t5-,7-,8-,11-/m1/s1. The summed E-state index contributed by atoms with van der Waals surface area (Å²) in [6.07, 6.45) is -2.67. The lowest BCUT2D eigenvalue weighted by atomic mass is 10.1. The van der Waals surface area contributed by atoms with Gasteiger partial charge in [-0.3, -0.25) is 13.6 Å². The van der Waals surface area contributed by atoms with Crippen molar-refractivity contribution in [2.75, 3.05) is 12.3 Å². The third kappa shape index (κ3) is 2.34. The number of hydrogen-bond donors (Lipinski definition) is 3. The summed E-state index contributed by atoms with van der Waals surface area (Å²) in [4.78, 5) is 17.4. The number of hydrogen-bond acceptors (Lipinski definition) is 8. The SMILES string of the molecule is Nc1ncnc2c1cc(Cl)n2[C@@H]1O[C@@H]2COP(=O)(O)O[C@H]2[C@H]1O. The smallest absolute Gasteiger partial charge is 0.386 e. The molecule has 0 amide bonds. The van der Waals surface area contributed by atoms with E-state index >= 15 is 0 Å². The average molecular weight is 363 g/mol. The first kappa shape index (κ1) is 15.3. The minimum atomic E-state index is -4.19. The molecule has 12 heteroatoms. The van der Waals surface area contributed by atoms with E-state index in [1.54, 1.807) is 6.07 Å². The van der Waals surface area contributed by atoms with E-state index in [-0.39, 0.29) is 17.6 Å². The van der Waals surface area contributed by atoms with Gasteiger partial charge in [0.15, 0.2) is 6.23 Å². The number of phosphoric acid groups is 1. The number of phosphoric ester groups is 1. The second-order valence-corrected chi connectivity index (χ2v) is 7.02. The zero-order valence-corrected chi connectivity index (χ0v) is 13.1. The maximum absolute atomic E-state index is 11.5. The first-order chi connectivity index (χ1) is 10.9. The fraction of sp³-hybridized carbons (Fsp3) is 0.455. The third-order valence-corrected chi connectivity index (χ3v) is 5.11. The largest absolute Gasteiger partial charge is 0.472 e. The molecule has 0 saturated carbocycles. The number of nitrogens with two attached hydrogens (primary N) is 1. The van der Waals surface area contributed by atoms with E-state index in [9.17, 15) is 14.6 Å². The lowest BCUT2D eigenvalue weighted by molar-refractivity contribution is -0.0662. The minimum absolute atomic E-state index is 0.181. The van der Waals surface area contributed by atoms with Crippen LogP contribution >= 0.6 is 19.4 Å². The predicted molar refractivity (Wildman–Crippen MR) is 77.5 cm³/mol. The van der Waals surface area contributed by atoms with E-state index in [1.807, 2.05) is 0 Å². The number of fused-ring (bicyclic) bond motifs is 2. The van der Waals surface area contributed by atoms with Crippen molar-refractivity contribution in [1.82, 2.24) is 14.5 Å². The zero-order valence-electron chi connectivity index (χ0n) is 11.4. The number of rotatable bonds is 1. The van der Waals surface area contributed by atoms with E-state index in [0.717, 1.165) is 0 Å². The van der Waals surface area contributed by atoms with Gasteiger partial charge < -0.3 is 20.5 Å². The molecule has 0 aliphatic carbocycles. The summed E-state index contributed by atoms with van der Waals surface area (Å²) in [5.41, 5.74) is 6.16. The van der Waals surface area contributed by atoms with E-state index in [2.05, 4.69) is 9.97 Å². The normalized spacial score (nSPS) is 37.2. The first-order valence-corrected chi connectivity index (χ1v) is 8.51. The molecule has 4 heterocycles. The fourth-order valence-electron chi connectivity index (χ4n) is 2.81. The Kier molecular flexibility index (Phi) is 3.40. The van der Waals surface area contributed by atoms with Crippen molar-refractivity contribution in [2.45, 2.75) is 24.5 Å². The zero-order chi connectivity index (χ0) is 16.4. The number of aliphatic hydroxyl groups excluding tert-OH is 1. The molecule has 0 radical (unpaired) electrons. The van der Waals surface area contributed by atoms with Crippen molar-refractivity contribution in [3.05, 3.63) is 17.5 Å². The van der Waals surface area contributed by atoms with Crippen LogP contribution in [0.4, 0.5) is 5.82 Å². The highest BCUT2D eigenvalue weighted by Gasteiger charge is 2.52. The van der Waals surface area contributed by atoms with Crippen LogP contribution in [0.2, 0.25) is 5.15 Å². The second-order valence-electron chi connectivity index (χ2n) is 5.22. The fourth-order valence-corrected chi connectivity index (χ4v) is 4.06. The van der Waals surface area contributed by atoms with Crippen LogP contribution in [0, 0.1) is 0 Å². The van der Waals surface area contributed by atoms with Gasteiger partial charge in [-0.2, -0.15) is 0 Å². The van der Waals surface area contributed by atoms with Gasteiger partial charge >= 0.3 is 7.82 Å². The van der Waals surface area contributed by atoms with E-state index in [4.69, 9.17) is 31.1 Å². The van der Waals surface area contributed by atoms with Crippen molar-refractivity contribution in [1.29, 1.82) is 0 Å². The van der Waals surface area contributed by atoms with Gasteiger partial charge in [-0.05, 0) is 6.07 Å². The molecule has 23 heavy (non-hydrogen) atoms. The second kappa shape index (κ2) is 5.12. The quantitative estimate of drug-likeness (QED) is 0.616. The number of aliphatic hydroxyl groups is 1. The molecule has 4 rings (SSSR count). The Labute approximate surface area is 134 Å². The van der Waals surface area contributed by atoms with Crippen molar-refractivity contribution < 1.29 is 28.3 Å². The molecule has 2 aliphatic rings. The van der Waals surface area contributed by atoms with Gasteiger partial charge in [-0.15, -0.1) is 0 Å². The van der Waals surface area contributed by atoms with Gasteiger partial charge in [0.25, 0.3) is 0 Å². The Hall–Kier alpha value is -1.26. The lowest BCUT2D eigenvalue weighted by Gasteiger charge is -2.27. The van der Waals surface area contributed by atoms with E-state index < -0.39 is 32.4 Å². The summed E-state index contributed by atoms with van der Waals surface area (Å²) >= 11 is 6.21. The Bertz CT molecular complexity index is 830. The molecule has 2 aromatic heterocycles. The summed E-state index contributed by atoms with van der Waals surface area (Å²) in [7, 11) is -4.19. The molecule has 2 aromatic rings. The van der Waals surface area contributed by atoms with Gasteiger partial charge in [-0.25, -0.2) is 14.5 Å². The Morgan fingerprint density at radius 2 is 2.26 bits per heavy atom. The predicted octanol–water partition coefficient (Wildman–Crippen LogP) is 0.441. The summed E-state index contributed by atoms with van der Waals surface area (Å²) in [5, 5.41) is 11.2. The number of halogens is 1. The third-order valence-electron chi connectivity index (χ3n) is 3.84. The summed E-state index contributed by atoms with van der Waals surface area (Å²) in [6, 6.07) is 1.55. The van der Waals surface area contributed by atoms with Gasteiger partial charge in [-0.1, -0.05) is 11.6 Å². The Morgan fingerprint density at radius 3 is 3.04 bits per heavy atom. The lowest BCUT2D eigenvalue weighted by Crippen LogP contribution is -2.39. The molecule has 5 atom stereocenters. The highest BCUT2D eigenvalue weighted by molar-refractivity contribution is 7.47. The van der Waals surface area contributed by atoms with Crippen LogP contribution in [0.25, 0.3) is 11.0 Å². The molecule has 4 N–H and O–H groups in total. The maximum atomic E-state index is 11.5. The molecule has 0 bridgehead atoms. The minimum Gasteiger partial charge on any atom is -0.386 e. The van der Waals surface area contributed by atoms with Crippen LogP contribution < -0.4 is 5.73 Å². The van der Waals surface area contributed by atoms with Gasteiger partial charge in [0.05, 0.1) is 12.0 Å². The number of aromatic nitrogens is 3. The summed E-state index contributed by atoms with van der Waals surface area (Å²) in [6.45, 7) is -0.181. The number of nitrogens with zero attached hydrogens (tertiary/aromatic N) is 3. The summed E-state index contributed by atoms with van der Waals surface area (Å²) in [5.74, 6) is 0.236. The molecule has 2 aliphatic heterocycles. The maximum Gasteiger partial charge on any atom is 0.472 e. The molecule has 0 aromatic carbocycles. The van der Waals surface area contributed by atoms with Crippen molar-refractivity contribution in [3.63, 3.8) is 0 Å². The highest BCUT2D eigenvalue weighted by Crippen LogP contribution is 2.53. The van der Waals surface area contributed by atoms with Crippen molar-refractivity contribution in [3.8, 4) is 0 Å². The van der Waals surface area contributed by atoms with E-state index in [0.29, 0.717) is 11.0 Å². The first-order valence-electron chi connectivity index (χ1n) is 6.63. The molecule has 1 unspecified atom stereocenters. The van der Waals surface area contributed by atoms with Crippen LogP contribution in [0.3, 0.4) is 0 Å². The van der Waals surface area contributed by atoms with E-state index in [1.165, 1.54) is 10.9 Å². The molecule has 2 fully saturated rings. The number of nitrogen functional groups attached to an aromatic ring is 1. The van der Waals surface area contributed by atoms with Gasteiger partial charge in [0.1, 0.15) is 41.3 Å².